The molecular weight excluding hydrogens is 892 g/mol. The van der Waals surface area contributed by atoms with Gasteiger partial charge >= 0.3 is 17.9 Å². The van der Waals surface area contributed by atoms with Crippen LogP contribution in [0.2, 0.25) is 0 Å². The standard InChI is InChI=1S/C41H38O25/c42-18-1-13(2-19(43)29(18)52)11-61-35-34(64-38(58)15-5-22(46)31(54)23(47)6-15)28(12-62-37(57)14-3-20(44)30(53)21(45)4-14)63-41(66-40(60)17-9-26(50)33(56)27(51)10-17)36(35)65-39(59)16-7-24(48)32(55)25(49)8-16/h1-3,5-10,14,28,34-36,38,41-56,58H,4,11-12H2/t14?,28?,34?,35?,36?,38-,41?/m1/s1. The number of allylic oxidation sites excluding steroid dienone is 1. The van der Waals surface area contributed by atoms with E-state index >= 15 is 0 Å². The Morgan fingerprint density at radius 2 is 1.05 bits per heavy atom. The second-order valence-electron chi connectivity index (χ2n) is 14.5. The highest BCUT2D eigenvalue weighted by Gasteiger charge is 2.53. The van der Waals surface area contributed by atoms with E-state index in [1.165, 1.54) is 0 Å². The van der Waals surface area contributed by atoms with Crippen molar-refractivity contribution >= 4 is 17.9 Å². The fraction of sp³-hybridized carbons (Fsp3) is 0.244. The molecule has 1 heterocycles. The van der Waals surface area contributed by atoms with Crippen molar-refractivity contribution in [3.05, 3.63) is 94.1 Å². The fourth-order valence-corrected chi connectivity index (χ4v) is 6.53. The first kappa shape index (κ1) is 47.1. The van der Waals surface area contributed by atoms with Gasteiger partial charge in [0.15, 0.2) is 92.9 Å². The molecule has 66 heavy (non-hydrogen) atoms. The molecule has 1 aliphatic heterocycles. The number of carbonyl (C=O) groups is 3. The predicted molar refractivity (Wildman–Crippen MR) is 209 cm³/mol. The summed E-state index contributed by atoms with van der Waals surface area (Å²) in [5.41, 5.74) is -2.06. The van der Waals surface area contributed by atoms with Crippen LogP contribution in [0.5, 0.6) is 69.0 Å². The van der Waals surface area contributed by atoms with E-state index in [1.54, 1.807) is 0 Å². The summed E-state index contributed by atoms with van der Waals surface area (Å²) in [5.74, 6) is -20.3. The van der Waals surface area contributed by atoms with Crippen LogP contribution in [-0.2, 0) is 39.8 Å². The molecule has 1 fully saturated rings. The van der Waals surface area contributed by atoms with E-state index in [4.69, 9.17) is 28.4 Å². The summed E-state index contributed by atoms with van der Waals surface area (Å²) >= 11 is 0. The zero-order valence-electron chi connectivity index (χ0n) is 33.2. The van der Waals surface area contributed by atoms with Crippen molar-refractivity contribution in [2.24, 2.45) is 5.92 Å². The zero-order valence-corrected chi connectivity index (χ0v) is 33.2. The number of benzene rings is 4. The average molecular weight is 931 g/mol. The molecule has 0 aromatic heterocycles. The number of phenols is 12. The van der Waals surface area contributed by atoms with Crippen LogP contribution in [-0.4, -0.2) is 137 Å². The molecule has 16 N–H and O–H groups in total. The van der Waals surface area contributed by atoms with Crippen LogP contribution in [0, 0.1) is 5.92 Å². The second kappa shape index (κ2) is 18.8. The molecule has 0 radical (unpaired) electrons. The van der Waals surface area contributed by atoms with Crippen molar-refractivity contribution in [1.29, 1.82) is 0 Å². The smallest absolute Gasteiger partial charge is 0.340 e. The molecule has 1 saturated heterocycles. The first-order chi connectivity index (χ1) is 31.0. The van der Waals surface area contributed by atoms with E-state index in [-0.39, 0.29) is 5.56 Å². The Bertz CT molecular complexity index is 2530. The number of phenolic OH excluding ortho intramolecular Hbond substituents is 12. The summed E-state index contributed by atoms with van der Waals surface area (Å²) in [6.45, 7) is -1.87. The molecule has 4 aromatic carbocycles. The number of esters is 3. The Balaban J connectivity index is 1.48. The third kappa shape index (κ3) is 9.87. The average Bonchev–Trinajstić information content (AvgIpc) is 3.26. The largest absolute Gasteiger partial charge is 0.508 e. The number of carbonyl (C=O) groups excluding carboxylic acids is 3. The Labute approximate surface area is 367 Å². The molecule has 1 aliphatic carbocycles. The van der Waals surface area contributed by atoms with Crippen LogP contribution in [0.15, 0.2) is 71.9 Å². The van der Waals surface area contributed by atoms with E-state index in [0.717, 1.165) is 30.3 Å². The fourth-order valence-electron chi connectivity index (χ4n) is 6.53. The Morgan fingerprint density at radius 3 is 1.53 bits per heavy atom. The minimum Gasteiger partial charge on any atom is -0.508 e. The highest BCUT2D eigenvalue weighted by atomic mass is 16.7. The van der Waals surface area contributed by atoms with Crippen LogP contribution in [0.3, 0.4) is 0 Å². The lowest BCUT2D eigenvalue weighted by Gasteiger charge is -2.45. The number of aliphatic hydroxyl groups is 4. The van der Waals surface area contributed by atoms with Gasteiger partial charge in [0, 0.05) is 12.0 Å². The number of hydrogen-bond donors (Lipinski definition) is 16. The highest BCUT2D eigenvalue weighted by Crippen LogP contribution is 2.42. The van der Waals surface area contributed by atoms with Gasteiger partial charge in [-0.15, -0.1) is 0 Å². The lowest BCUT2D eigenvalue weighted by atomic mass is 9.96. The summed E-state index contributed by atoms with van der Waals surface area (Å²) in [7, 11) is 0. The topological polar surface area (TPSA) is 430 Å². The summed E-state index contributed by atoms with van der Waals surface area (Å²) < 4.78 is 34.5. The number of aliphatic hydroxyl groups excluding tert-OH is 4. The minimum absolute atomic E-state index is 0.160. The van der Waals surface area contributed by atoms with E-state index < -0.39 is 183 Å². The summed E-state index contributed by atoms with van der Waals surface area (Å²) in [6.07, 6.45) is -12.8. The SMILES string of the molecule is O=C(OC1OC(COC(=O)C2C=C(O)C(O)=C(O)C2)C(O[C@@H](O)c2cc(O)c(O)c(O)c2)C(OCc2cc(O)c(O)c(O)c2)C1OC(=O)c1cc(O)c(O)c(O)c1)c1cc(O)c(O)c(O)c1. The third-order valence-corrected chi connectivity index (χ3v) is 9.88. The van der Waals surface area contributed by atoms with Crippen molar-refractivity contribution < 1.29 is 125 Å². The van der Waals surface area contributed by atoms with Gasteiger partial charge in [-0.1, -0.05) is 0 Å². The lowest BCUT2D eigenvalue weighted by Crippen LogP contribution is -2.62. The molecule has 7 atom stereocenters. The molecule has 0 saturated carbocycles. The molecular formula is C41H38O25. The molecule has 0 amide bonds. The zero-order chi connectivity index (χ0) is 48.5. The minimum atomic E-state index is -2.35. The molecule has 6 rings (SSSR count). The van der Waals surface area contributed by atoms with Gasteiger partial charge in [0.2, 0.25) is 6.29 Å². The molecule has 25 nitrogen and oxygen atoms in total. The third-order valence-electron chi connectivity index (χ3n) is 9.88. The van der Waals surface area contributed by atoms with Crippen LogP contribution in [0.25, 0.3) is 0 Å². The molecule has 2 aliphatic rings. The van der Waals surface area contributed by atoms with Crippen molar-refractivity contribution in [1.82, 2.24) is 0 Å². The quantitative estimate of drug-likeness (QED) is 0.0395. The summed E-state index contributed by atoms with van der Waals surface area (Å²) in [6, 6.07) is 5.72. The van der Waals surface area contributed by atoms with E-state index in [0.29, 0.717) is 24.3 Å². The molecule has 352 valence electrons. The highest BCUT2D eigenvalue weighted by molar-refractivity contribution is 5.92. The van der Waals surface area contributed by atoms with E-state index in [1.807, 2.05) is 0 Å². The molecule has 0 spiro atoms. The summed E-state index contributed by atoms with van der Waals surface area (Å²) in [4.78, 5) is 40.9. The summed E-state index contributed by atoms with van der Waals surface area (Å²) in [5, 5.41) is 162. The number of ether oxygens (including phenoxy) is 6. The van der Waals surface area contributed by atoms with E-state index in [9.17, 15) is 96.1 Å². The predicted octanol–water partition coefficient (Wildman–Crippen LogP) is 2.26. The maximum Gasteiger partial charge on any atom is 0.340 e. The van der Waals surface area contributed by atoms with E-state index in [2.05, 4.69) is 0 Å². The van der Waals surface area contributed by atoms with Gasteiger partial charge in [-0.3, -0.25) is 4.79 Å². The molecule has 0 bridgehead atoms. The molecule has 25 heteroatoms. The number of aromatic hydroxyl groups is 12. The first-order valence-corrected chi connectivity index (χ1v) is 18.7. The lowest BCUT2D eigenvalue weighted by molar-refractivity contribution is -0.321. The molecule has 6 unspecified atom stereocenters. The van der Waals surface area contributed by atoms with Gasteiger partial charge in [-0.25, -0.2) is 9.59 Å². The van der Waals surface area contributed by atoms with Gasteiger partial charge in [0.1, 0.15) is 30.7 Å². The van der Waals surface area contributed by atoms with Crippen LogP contribution in [0.1, 0.15) is 44.6 Å². The first-order valence-electron chi connectivity index (χ1n) is 18.7. The van der Waals surface area contributed by atoms with Crippen LogP contribution >= 0.6 is 0 Å². The Hall–Kier alpha value is -8.39. The van der Waals surface area contributed by atoms with Crippen molar-refractivity contribution in [3.63, 3.8) is 0 Å². The van der Waals surface area contributed by atoms with Crippen LogP contribution in [0.4, 0.5) is 0 Å². The Morgan fingerprint density at radius 1 is 0.591 bits per heavy atom. The molecule has 4 aromatic rings. The van der Waals surface area contributed by atoms with Crippen molar-refractivity contribution in [2.45, 2.75) is 50.0 Å². The van der Waals surface area contributed by atoms with Crippen LogP contribution < -0.4 is 0 Å². The Kier molecular flexibility index (Phi) is 13.4. The number of rotatable bonds is 13. The monoisotopic (exact) mass is 930 g/mol. The maximum absolute atomic E-state index is 13.8. The van der Waals surface area contributed by atoms with Gasteiger partial charge < -0.3 is 110 Å². The van der Waals surface area contributed by atoms with Gasteiger partial charge in [0.05, 0.1) is 23.7 Å². The second-order valence-corrected chi connectivity index (χ2v) is 14.5. The van der Waals surface area contributed by atoms with Gasteiger partial charge in [-0.05, 0) is 60.2 Å². The van der Waals surface area contributed by atoms with Crippen molar-refractivity contribution in [3.8, 4) is 69.0 Å². The normalized spacial score (nSPS) is 21.1. The van der Waals surface area contributed by atoms with Crippen molar-refractivity contribution in [2.75, 3.05) is 6.61 Å². The maximum atomic E-state index is 13.8. The van der Waals surface area contributed by atoms with Gasteiger partial charge in [0.25, 0.3) is 0 Å². The number of hydrogen-bond acceptors (Lipinski definition) is 25. The van der Waals surface area contributed by atoms with Gasteiger partial charge in [-0.2, -0.15) is 0 Å².